The smallest absolute Gasteiger partial charge is 0.394 e. The van der Waals surface area contributed by atoms with Crippen LogP contribution in [0, 0.1) is 13.8 Å². The van der Waals surface area contributed by atoms with Crippen LogP contribution in [0.4, 0.5) is 5.69 Å². The maximum absolute atomic E-state index is 12.4. The highest BCUT2D eigenvalue weighted by molar-refractivity contribution is 7.92. The predicted octanol–water partition coefficient (Wildman–Crippen LogP) is 3.01. The van der Waals surface area contributed by atoms with Gasteiger partial charge in [0.25, 0.3) is 0 Å². The number of amides is 1. The van der Waals surface area contributed by atoms with E-state index < -0.39 is 27.0 Å². The number of sulfone groups is 1. The van der Waals surface area contributed by atoms with Gasteiger partial charge in [-0.05, 0) is 63.1 Å². The van der Waals surface area contributed by atoms with Crippen LogP contribution in [0.1, 0.15) is 25.0 Å². The Kier molecular flexibility index (Phi) is 5.98. The molecule has 0 aliphatic heterocycles. The van der Waals surface area contributed by atoms with Crippen molar-refractivity contribution >= 4 is 27.4 Å². The third-order valence-electron chi connectivity index (χ3n) is 3.99. The fourth-order valence-corrected chi connectivity index (χ4v) is 3.67. The maximum atomic E-state index is 12.4. The number of phenols is 1. The molecule has 9 heteroatoms. The van der Waals surface area contributed by atoms with Crippen molar-refractivity contribution in [2.24, 2.45) is 0 Å². The van der Waals surface area contributed by atoms with E-state index in [1.165, 1.54) is 44.2 Å². The first kappa shape index (κ1) is 21.2. The Labute approximate surface area is 162 Å². The summed E-state index contributed by atoms with van der Waals surface area (Å²) < 4.78 is 30.6. The van der Waals surface area contributed by atoms with Crippen LogP contribution < -0.4 is 10.1 Å². The summed E-state index contributed by atoms with van der Waals surface area (Å²) in [6.07, 6.45) is 0. The molecule has 8 nitrogen and oxygen atoms in total. The Bertz CT molecular complexity index is 1020. The molecule has 0 radical (unpaired) electrons. The second kappa shape index (κ2) is 7.89. The highest BCUT2D eigenvalue weighted by Gasteiger charge is 2.24. The molecule has 0 aliphatic rings. The van der Waals surface area contributed by atoms with E-state index in [0.717, 1.165) is 0 Å². The zero-order valence-electron chi connectivity index (χ0n) is 15.8. The van der Waals surface area contributed by atoms with Crippen molar-refractivity contribution in [3.05, 3.63) is 41.5 Å². The molecular formula is C19H21NO7S. The van der Waals surface area contributed by atoms with E-state index in [1.54, 1.807) is 13.8 Å². The number of phenolic OH excluding ortho intramolecular Hbond substituents is 1. The van der Waals surface area contributed by atoms with Crippen LogP contribution in [-0.2, 0) is 19.4 Å². The number of carboxylic acids is 1. The first-order chi connectivity index (χ1) is 12.9. The molecule has 0 heterocycles. The number of carbonyl (C=O) groups is 2. The van der Waals surface area contributed by atoms with Crippen LogP contribution in [0.5, 0.6) is 17.2 Å². The minimum Gasteiger partial charge on any atom is -0.507 e. The summed E-state index contributed by atoms with van der Waals surface area (Å²) in [5.74, 6) is -2.48. The van der Waals surface area contributed by atoms with Gasteiger partial charge in [0.15, 0.2) is 9.84 Å². The number of aliphatic carboxylic acids is 1. The lowest BCUT2D eigenvalue weighted by molar-refractivity contribution is -0.147. The maximum Gasteiger partial charge on any atom is 0.394 e. The SMILES string of the molecule is Cc1cc(NC(=O)C(=O)O)cc(C)c1Oc1ccc(O)c(S(=O)(=O)C(C)C)c1. The molecule has 0 aliphatic carbocycles. The molecule has 0 saturated carbocycles. The molecule has 2 aromatic carbocycles. The van der Waals surface area contributed by atoms with E-state index in [9.17, 15) is 23.1 Å². The van der Waals surface area contributed by atoms with Crippen molar-refractivity contribution in [3.63, 3.8) is 0 Å². The number of rotatable bonds is 5. The standard InChI is InChI=1S/C19H21NO7S/c1-10(2)28(25,26)16-9-14(5-6-15(16)21)27-17-11(3)7-13(8-12(17)4)20-18(22)19(23)24/h5-10,21H,1-4H3,(H,20,22)(H,23,24). The molecule has 0 spiro atoms. The first-order valence-electron chi connectivity index (χ1n) is 8.33. The number of hydrogen-bond donors (Lipinski definition) is 3. The average molecular weight is 407 g/mol. The van der Waals surface area contributed by atoms with Crippen LogP contribution in [0.3, 0.4) is 0 Å². The number of ether oxygens (including phenoxy) is 1. The number of nitrogens with one attached hydrogen (secondary N) is 1. The Hall–Kier alpha value is -3.07. The summed E-state index contributed by atoms with van der Waals surface area (Å²) in [5, 5.41) is 20.2. The molecule has 0 atom stereocenters. The van der Waals surface area contributed by atoms with Crippen LogP contribution in [0.25, 0.3) is 0 Å². The van der Waals surface area contributed by atoms with Gasteiger partial charge in [-0.15, -0.1) is 0 Å². The Morgan fingerprint density at radius 2 is 1.64 bits per heavy atom. The average Bonchev–Trinajstić information content (AvgIpc) is 2.59. The van der Waals surface area contributed by atoms with Crippen molar-refractivity contribution in [1.82, 2.24) is 0 Å². The van der Waals surface area contributed by atoms with Crippen LogP contribution in [0.15, 0.2) is 35.2 Å². The third kappa shape index (κ3) is 4.42. The highest BCUT2D eigenvalue weighted by Crippen LogP contribution is 2.35. The number of anilines is 1. The summed E-state index contributed by atoms with van der Waals surface area (Å²) in [6.45, 7) is 6.43. The first-order valence-corrected chi connectivity index (χ1v) is 9.88. The molecule has 2 rings (SSSR count). The third-order valence-corrected chi connectivity index (χ3v) is 6.17. The summed E-state index contributed by atoms with van der Waals surface area (Å²) in [6, 6.07) is 7.01. The van der Waals surface area contributed by atoms with E-state index >= 15 is 0 Å². The minimum absolute atomic E-state index is 0.213. The van der Waals surface area contributed by atoms with Gasteiger partial charge in [-0.2, -0.15) is 0 Å². The van der Waals surface area contributed by atoms with E-state index in [4.69, 9.17) is 9.84 Å². The highest BCUT2D eigenvalue weighted by atomic mass is 32.2. The molecule has 150 valence electrons. The lowest BCUT2D eigenvalue weighted by atomic mass is 10.1. The molecule has 2 aromatic rings. The molecule has 0 bridgehead atoms. The van der Waals surface area contributed by atoms with Gasteiger partial charge in [-0.3, -0.25) is 4.79 Å². The molecule has 1 amide bonds. The van der Waals surface area contributed by atoms with Gasteiger partial charge in [0.1, 0.15) is 22.1 Å². The van der Waals surface area contributed by atoms with Gasteiger partial charge in [0, 0.05) is 11.8 Å². The molecule has 0 unspecified atom stereocenters. The van der Waals surface area contributed by atoms with E-state index in [2.05, 4.69) is 5.32 Å². The molecular weight excluding hydrogens is 386 g/mol. The van der Waals surface area contributed by atoms with Gasteiger partial charge >= 0.3 is 11.9 Å². The number of aromatic hydroxyl groups is 1. The summed E-state index contributed by atoms with van der Waals surface area (Å²) in [4.78, 5) is 21.7. The Morgan fingerprint density at radius 1 is 1.07 bits per heavy atom. The van der Waals surface area contributed by atoms with Crippen molar-refractivity contribution in [1.29, 1.82) is 0 Å². The second-order valence-corrected chi connectivity index (χ2v) is 9.00. The van der Waals surface area contributed by atoms with Crippen molar-refractivity contribution in [2.75, 3.05) is 5.32 Å². The van der Waals surface area contributed by atoms with Crippen LogP contribution >= 0.6 is 0 Å². The number of carbonyl (C=O) groups excluding carboxylic acids is 1. The zero-order valence-corrected chi connectivity index (χ0v) is 16.6. The van der Waals surface area contributed by atoms with E-state index in [1.807, 2.05) is 0 Å². The molecule has 3 N–H and O–H groups in total. The van der Waals surface area contributed by atoms with Crippen molar-refractivity contribution < 1.29 is 33.0 Å². The normalized spacial score (nSPS) is 11.3. The molecule has 28 heavy (non-hydrogen) atoms. The quantitative estimate of drug-likeness (QED) is 0.650. The number of carboxylic acid groups (broad SMARTS) is 1. The lowest BCUT2D eigenvalue weighted by Gasteiger charge is -2.16. The van der Waals surface area contributed by atoms with Crippen LogP contribution in [-0.4, -0.2) is 35.8 Å². The van der Waals surface area contributed by atoms with Gasteiger partial charge in [-0.1, -0.05) is 0 Å². The number of hydrogen-bond acceptors (Lipinski definition) is 6. The largest absolute Gasteiger partial charge is 0.507 e. The van der Waals surface area contributed by atoms with E-state index in [0.29, 0.717) is 22.6 Å². The molecule has 0 aromatic heterocycles. The molecule has 0 saturated heterocycles. The number of benzene rings is 2. The monoisotopic (exact) mass is 407 g/mol. The minimum atomic E-state index is -3.70. The van der Waals surface area contributed by atoms with Crippen LogP contribution in [0.2, 0.25) is 0 Å². The fraction of sp³-hybridized carbons (Fsp3) is 0.263. The predicted molar refractivity (Wildman–Crippen MR) is 103 cm³/mol. The van der Waals surface area contributed by atoms with Gasteiger partial charge in [0.05, 0.1) is 5.25 Å². The second-order valence-electron chi connectivity index (χ2n) is 6.52. The van der Waals surface area contributed by atoms with Gasteiger partial charge in [-0.25, -0.2) is 13.2 Å². The van der Waals surface area contributed by atoms with Crippen molar-refractivity contribution in [3.8, 4) is 17.2 Å². The summed E-state index contributed by atoms with van der Waals surface area (Å²) in [7, 11) is -3.70. The zero-order chi connectivity index (χ0) is 21.2. The summed E-state index contributed by atoms with van der Waals surface area (Å²) in [5.41, 5.74) is 1.49. The Morgan fingerprint density at radius 3 is 2.14 bits per heavy atom. The topological polar surface area (TPSA) is 130 Å². The molecule has 0 fully saturated rings. The fourth-order valence-electron chi connectivity index (χ4n) is 2.53. The number of aryl methyl sites for hydroxylation is 2. The summed E-state index contributed by atoms with van der Waals surface area (Å²) >= 11 is 0. The van der Waals surface area contributed by atoms with Crippen molar-refractivity contribution in [2.45, 2.75) is 37.8 Å². The lowest BCUT2D eigenvalue weighted by Crippen LogP contribution is -2.21. The van der Waals surface area contributed by atoms with Gasteiger partial charge < -0.3 is 20.3 Å². The van der Waals surface area contributed by atoms with E-state index in [-0.39, 0.29) is 16.4 Å². The Balaban J connectivity index is 2.39. The van der Waals surface area contributed by atoms with Gasteiger partial charge in [0.2, 0.25) is 0 Å².